The van der Waals surface area contributed by atoms with Crippen LogP contribution in [0.2, 0.25) is 0 Å². The van der Waals surface area contributed by atoms with E-state index in [4.69, 9.17) is 5.73 Å². The van der Waals surface area contributed by atoms with Gasteiger partial charge >= 0.3 is 0 Å². The van der Waals surface area contributed by atoms with Gasteiger partial charge in [-0.05, 0) is 19.9 Å². The zero-order valence-corrected chi connectivity index (χ0v) is 16.9. The molecule has 142 valence electrons. The number of thiazole rings is 1. The maximum absolute atomic E-state index is 12.7. The molecule has 0 aliphatic rings. The number of ketones is 1. The Morgan fingerprint density at radius 3 is 2.74 bits per heavy atom. The van der Waals surface area contributed by atoms with Gasteiger partial charge in [-0.2, -0.15) is 0 Å². The summed E-state index contributed by atoms with van der Waals surface area (Å²) in [6, 6.07) is 1.90. The lowest BCUT2D eigenvalue weighted by atomic mass is 10.2. The predicted molar refractivity (Wildman–Crippen MR) is 104 cm³/mol. The van der Waals surface area contributed by atoms with E-state index in [1.165, 1.54) is 23.1 Å². The average molecular weight is 405 g/mol. The number of nitrogens with two attached hydrogens (primary N) is 1. The Labute approximate surface area is 164 Å². The Kier molecular flexibility index (Phi) is 5.76. The van der Waals surface area contributed by atoms with Crippen molar-refractivity contribution in [3.05, 3.63) is 40.4 Å². The van der Waals surface area contributed by atoms with Crippen LogP contribution in [0.5, 0.6) is 0 Å². The molecule has 0 aliphatic heterocycles. The van der Waals surface area contributed by atoms with E-state index in [0.717, 1.165) is 16.5 Å². The van der Waals surface area contributed by atoms with Gasteiger partial charge in [-0.1, -0.05) is 11.8 Å². The smallest absolute Gasteiger partial charge is 0.217 e. The molecular weight excluding hydrogens is 384 g/mol. The summed E-state index contributed by atoms with van der Waals surface area (Å²) in [4.78, 5) is 28.0. The molecule has 3 heterocycles. The van der Waals surface area contributed by atoms with Crippen molar-refractivity contribution in [3.63, 3.8) is 0 Å². The normalized spacial score (nSPS) is 11.1. The van der Waals surface area contributed by atoms with Gasteiger partial charge in [0, 0.05) is 48.4 Å². The number of rotatable bonds is 8. The van der Waals surface area contributed by atoms with Crippen LogP contribution in [-0.2, 0) is 18.3 Å². The fourth-order valence-corrected chi connectivity index (χ4v) is 4.36. The summed E-state index contributed by atoms with van der Waals surface area (Å²) in [5.74, 6) is 0.575. The van der Waals surface area contributed by atoms with E-state index in [1.807, 2.05) is 36.9 Å². The number of hydrogen-bond acceptors (Lipinski definition) is 7. The van der Waals surface area contributed by atoms with Gasteiger partial charge in [0.2, 0.25) is 5.91 Å². The molecule has 0 fully saturated rings. The van der Waals surface area contributed by atoms with Gasteiger partial charge in [-0.25, -0.2) is 4.98 Å². The topological polar surface area (TPSA) is 109 Å². The third-order valence-corrected chi connectivity index (χ3v) is 5.97. The van der Waals surface area contributed by atoms with Gasteiger partial charge in [0.15, 0.2) is 16.1 Å². The van der Waals surface area contributed by atoms with Gasteiger partial charge in [0.25, 0.3) is 0 Å². The monoisotopic (exact) mass is 404 g/mol. The molecule has 0 aliphatic carbocycles. The number of Topliss-reactive ketones (excluding diaryl/α,β-unsaturated/α-hetero) is 1. The standard InChI is InChI=1S/C17H20N6O2S2/c1-10-8-12(11(2)23(10)16-19-6-7-26-16)13(24)9-27-17-21-20-15(22(17)3)5-4-14(18)25/h6-8H,4-5,9H2,1-3H3,(H2,18,25). The lowest BCUT2D eigenvalue weighted by molar-refractivity contribution is -0.118. The lowest BCUT2D eigenvalue weighted by Crippen LogP contribution is -2.13. The van der Waals surface area contributed by atoms with Crippen molar-refractivity contribution in [1.82, 2.24) is 24.3 Å². The summed E-state index contributed by atoms with van der Waals surface area (Å²) >= 11 is 2.86. The third-order valence-electron chi connectivity index (χ3n) is 4.19. The molecule has 8 nitrogen and oxygen atoms in total. The molecule has 27 heavy (non-hydrogen) atoms. The number of nitrogens with zero attached hydrogens (tertiary/aromatic N) is 5. The quantitative estimate of drug-likeness (QED) is 0.455. The fraction of sp³-hybridized carbons (Fsp3) is 0.353. The van der Waals surface area contributed by atoms with Crippen LogP contribution in [0.4, 0.5) is 0 Å². The van der Waals surface area contributed by atoms with Crippen molar-refractivity contribution in [2.45, 2.75) is 31.8 Å². The number of aryl methyl sites for hydroxylation is 2. The van der Waals surface area contributed by atoms with Gasteiger partial charge in [-0.3, -0.25) is 14.2 Å². The van der Waals surface area contributed by atoms with E-state index in [2.05, 4.69) is 15.2 Å². The molecule has 10 heteroatoms. The highest BCUT2D eigenvalue weighted by Gasteiger charge is 2.19. The van der Waals surface area contributed by atoms with Crippen molar-refractivity contribution >= 4 is 34.8 Å². The van der Waals surface area contributed by atoms with Crippen LogP contribution in [0.1, 0.15) is 34.0 Å². The number of carbonyl (C=O) groups is 2. The molecule has 0 bridgehead atoms. The molecule has 0 saturated carbocycles. The zero-order chi connectivity index (χ0) is 19.6. The molecule has 0 unspecified atom stereocenters. The lowest BCUT2D eigenvalue weighted by Gasteiger charge is -2.06. The first-order valence-electron chi connectivity index (χ1n) is 8.30. The first-order chi connectivity index (χ1) is 12.9. The molecule has 3 aromatic heterocycles. The molecule has 0 spiro atoms. The first-order valence-corrected chi connectivity index (χ1v) is 10.2. The summed E-state index contributed by atoms with van der Waals surface area (Å²) < 4.78 is 3.78. The molecule has 0 aromatic carbocycles. The van der Waals surface area contributed by atoms with Crippen LogP contribution < -0.4 is 5.73 Å². The minimum absolute atomic E-state index is 0.0255. The highest BCUT2D eigenvalue weighted by atomic mass is 32.2. The van der Waals surface area contributed by atoms with Crippen molar-refractivity contribution in [3.8, 4) is 5.13 Å². The second-order valence-corrected chi connectivity index (χ2v) is 7.89. The van der Waals surface area contributed by atoms with Crippen molar-refractivity contribution in [2.75, 3.05) is 5.75 Å². The van der Waals surface area contributed by atoms with Crippen LogP contribution in [0.25, 0.3) is 5.13 Å². The van der Waals surface area contributed by atoms with Crippen LogP contribution in [0, 0.1) is 13.8 Å². The summed E-state index contributed by atoms with van der Waals surface area (Å²) in [6.07, 6.45) is 2.40. The van der Waals surface area contributed by atoms with Gasteiger partial charge in [0.1, 0.15) is 5.82 Å². The van der Waals surface area contributed by atoms with Crippen LogP contribution >= 0.6 is 23.1 Å². The highest BCUT2D eigenvalue weighted by Crippen LogP contribution is 2.24. The van der Waals surface area contributed by atoms with Gasteiger partial charge < -0.3 is 10.3 Å². The molecule has 1 amide bonds. The Hall–Kier alpha value is -2.46. The first kappa shape index (κ1) is 19.3. The van der Waals surface area contributed by atoms with Crippen LogP contribution in [0.15, 0.2) is 22.8 Å². The summed E-state index contributed by atoms with van der Waals surface area (Å²) in [6.45, 7) is 3.89. The maximum Gasteiger partial charge on any atom is 0.217 e. The number of hydrogen-bond donors (Lipinski definition) is 1. The molecule has 0 atom stereocenters. The van der Waals surface area contributed by atoms with Gasteiger partial charge in [-0.15, -0.1) is 21.5 Å². The van der Waals surface area contributed by atoms with E-state index in [0.29, 0.717) is 23.0 Å². The number of carbonyl (C=O) groups excluding carboxylic acids is 2. The minimum atomic E-state index is -0.377. The van der Waals surface area contributed by atoms with Crippen LogP contribution in [-0.4, -0.2) is 41.8 Å². The molecule has 0 saturated heterocycles. The van der Waals surface area contributed by atoms with E-state index < -0.39 is 0 Å². The number of thioether (sulfide) groups is 1. The maximum atomic E-state index is 12.7. The number of primary amides is 1. The van der Waals surface area contributed by atoms with E-state index >= 15 is 0 Å². The second-order valence-electron chi connectivity index (χ2n) is 6.07. The zero-order valence-electron chi connectivity index (χ0n) is 15.3. The fourth-order valence-electron chi connectivity index (χ4n) is 2.80. The Morgan fingerprint density at radius 1 is 1.30 bits per heavy atom. The molecule has 2 N–H and O–H groups in total. The molecule has 3 rings (SSSR count). The SMILES string of the molecule is Cc1cc(C(=O)CSc2nnc(CCC(N)=O)n2C)c(C)n1-c1nccs1. The number of aromatic nitrogens is 5. The summed E-state index contributed by atoms with van der Waals surface area (Å²) in [7, 11) is 1.82. The Bertz CT molecular complexity index is 974. The van der Waals surface area contributed by atoms with Crippen molar-refractivity contribution in [1.29, 1.82) is 0 Å². The molecular formula is C17H20N6O2S2. The second kappa shape index (κ2) is 8.05. The number of amides is 1. The Balaban J connectivity index is 1.70. The minimum Gasteiger partial charge on any atom is -0.370 e. The largest absolute Gasteiger partial charge is 0.370 e. The average Bonchev–Trinajstić information content (AvgIpc) is 3.32. The van der Waals surface area contributed by atoms with E-state index in [-0.39, 0.29) is 23.9 Å². The van der Waals surface area contributed by atoms with Crippen LogP contribution in [0.3, 0.4) is 0 Å². The summed E-state index contributed by atoms with van der Waals surface area (Å²) in [5.41, 5.74) is 7.72. The van der Waals surface area contributed by atoms with Crippen molar-refractivity contribution in [2.24, 2.45) is 12.8 Å². The highest BCUT2D eigenvalue weighted by molar-refractivity contribution is 7.99. The molecule has 0 radical (unpaired) electrons. The summed E-state index contributed by atoms with van der Waals surface area (Å²) in [5, 5.41) is 11.6. The van der Waals surface area contributed by atoms with E-state index in [1.54, 1.807) is 10.8 Å². The molecule has 3 aromatic rings. The van der Waals surface area contributed by atoms with Gasteiger partial charge in [0.05, 0.1) is 5.75 Å². The third kappa shape index (κ3) is 4.11. The van der Waals surface area contributed by atoms with E-state index in [9.17, 15) is 9.59 Å². The Morgan fingerprint density at radius 2 is 2.07 bits per heavy atom. The predicted octanol–water partition coefficient (Wildman–Crippen LogP) is 2.07. The van der Waals surface area contributed by atoms with Crippen molar-refractivity contribution < 1.29 is 9.59 Å².